The second kappa shape index (κ2) is 7.53. The first kappa shape index (κ1) is 16.6. The highest BCUT2D eigenvalue weighted by Gasteiger charge is 2.14. The van der Waals surface area contributed by atoms with Gasteiger partial charge in [-0.25, -0.2) is 0 Å². The van der Waals surface area contributed by atoms with Crippen LogP contribution in [0.3, 0.4) is 0 Å². The zero-order valence-corrected chi connectivity index (χ0v) is 14.1. The Morgan fingerprint density at radius 3 is 2.62 bits per heavy atom. The summed E-state index contributed by atoms with van der Waals surface area (Å²) in [6, 6.07) is 9.37. The minimum absolute atomic E-state index is 0.215. The third-order valence-electron chi connectivity index (χ3n) is 4.56. The number of benzene rings is 1. The second-order valence-corrected chi connectivity index (χ2v) is 6.29. The van der Waals surface area contributed by atoms with E-state index in [-0.39, 0.29) is 11.2 Å². The van der Waals surface area contributed by atoms with Crippen LogP contribution in [0.25, 0.3) is 0 Å². The maximum Gasteiger partial charge on any atom is 0.223 e. The quantitative estimate of drug-likeness (QED) is 0.917. The SMILES string of the molecule is COc1ccccc1Cn1cc(O)c(=O)cc1CN1CCCCC1. The molecule has 1 saturated heterocycles. The summed E-state index contributed by atoms with van der Waals surface area (Å²) in [5, 5.41) is 9.86. The third-order valence-corrected chi connectivity index (χ3v) is 4.56. The third kappa shape index (κ3) is 3.79. The van der Waals surface area contributed by atoms with E-state index in [0.717, 1.165) is 36.6 Å². The number of aromatic nitrogens is 1. The molecule has 1 aromatic carbocycles. The van der Waals surface area contributed by atoms with Gasteiger partial charge in [0, 0.05) is 23.9 Å². The molecule has 0 saturated carbocycles. The van der Waals surface area contributed by atoms with Crippen molar-refractivity contribution in [2.24, 2.45) is 0 Å². The van der Waals surface area contributed by atoms with Gasteiger partial charge in [0.05, 0.1) is 19.9 Å². The van der Waals surface area contributed by atoms with Crippen LogP contribution in [0.4, 0.5) is 0 Å². The van der Waals surface area contributed by atoms with E-state index in [2.05, 4.69) is 4.90 Å². The fraction of sp³-hybridized carbons (Fsp3) is 0.421. The summed E-state index contributed by atoms with van der Waals surface area (Å²) in [4.78, 5) is 14.3. The van der Waals surface area contributed by atoms with Crippen molar-refractivity contribution in [3.05, 3.63) is 58.0 Å². The molecule has 1 aromatic heterocycles. The van der Waals surface area contributed by atoms with E-state index < -0.39 is 0 Å². The van der Waals surface area contributed by atoms with Crippen LogP contribution in [0.15, 0.2) is 41.3 Å². The minimum atomic E-state index is -0.321. The first-order valence-electron chi connectivity index (χ1n) is 8.44. The zero-order chi connectivity index (χ0) is 16.9. The first-order chi connectivity index (χ1) is 11.7. The largest absolute Gasteiger partial charge is 0.503 e. The lowest BCUT2D eigenvalue weighted by Gasteiger charge is -2.27. The summed E-state index contributed by atoms with van der Waals surface area (Å²) in [7, 11) is 1.65. The number of para-hydroxylation sites is 1. The number of likely N-dealkylation sites (tertiary alicyclic amines) is 1. The van der Waals surface area contributed by atoms with Gasteiger partial charge in [-0.05, 0) is 32.0 Å². The Balaban J connectivity index is 1.90. The Morgan fingerprint density at radius 1 is 1.12 bits per heavy atom. The molecule has 0 amide bonds. The minimum Gasteiger partial charge on any atom is -0.503 e. The van der Waals surface area contributed by atoms with E-state index >= 15 is 0 Å². The number of piperidine rings is 1. The van der Waals surface area contributed by atoms with Crippen LogP contribution < -0.4 is 10.2 Å². The van der Waals surface area contributed by atoms with Gasteiger partial charge >= 0.3 is 0 Å². The van der Waals surface area contributed by atoms with Gasteiger partial charge in [0.25, 0.3) is 0 Å². The smallest absolute Gasteiger partial charge is 0.223 e. The van der Waals surface area contributed by atoms with Crippen molar-refractivity contribution in [1.29, 1.82) is 0 Å². The van der Waals surface area contributed by atoms with Crippen LogP contribution in [0, 0.1) is 0 Å². The second-order valence-electron chi connectivity index (χ2n) is 6.29. The summed E-state index contributed by atoms with van der Waals surface area (Å²) < 4.78 is 7.36. The summed E-state index contributed by atoms with van der Waals surface area (Å²) in [5.41, 5.74) is 1.62. The number of hydrogen-bond acceptors (Lipinski definition) is 4. The molecule has 0 aliphatic carbocycles. The highest BCUT2D eigenvalue weighted by Crippen LogP contribution is 2.21. The molecular weight excluding hydrogens is 304 g/mol. The van der Waals surface area contributed by atoms with Crippen molar-refractivity contribution >= 4 is 0 Å². The molecule has 0 unspecified atom stereocenters. The van der Waals surface area contributed by atoms with Crippen molar-refractivity contribution in [1.82, 2.24) is 9.47 Å². The Labute approximate surface area is 142 Å². The van der Waals surface area contributed by atoms with Crippen LogP contribution in [0.2, 0.25) is 0 Å². The number of pyridine rings is 1. The number of aromatic hydroxyl groups is 1. The fourth-order valence-electron chi connectivity index (χ4n) is 3.25. The number of nitrogens with zero attached hydrogens (tertiary/aromatic N) is 2. The maximum atomic E-state index is 11.9. The summed E-state index contributed by atoms with van der Waals surface area (Å²) in [6.07, 6.45) is 5.22. The van der Waals surface area contributed by atoms with Gasteiger partial charge in [-0.2, -0.15) is 0 Å². The standard InChI is InChI=1S/C19H24N2O3/c1-24-19-8-4-3-7-15(19)12-21-14-18(23)17(22)11-16(21)13-20-9-5-2-6-10-20/h3-4,7-8,11,14,23H,2,5-6,9-10,12-13H2,1H3. The van der Waals surface area contributed by atoms with Crippen molar-refractivity contribution in [2.45, 2.75) is 32.4 Å². The van der Waals surface area contributed by atoms with Crippen molar-refractivity contribution in [2.75, 3.05) is 20.2 Å². The van der Waals surface area contributed by atoms with Crippen LogP contribution in [-0.4, -0.2) is 34.8 Å². The normalized spacial score (nSPS) is 15.4. The Bertz CT molecular complexity index is 749. The van der Waals surface area contributed by atoms with Crippen LogP contribution in [0.5, 0.6) is 11.5 Å². The number of rotatable bonds is 5. The van der Waals surface area contributed by atoms with E-state index in [4.69, 9.17) is 4.74 Å². The van der Waals surface area contributed by atoms with Crippen LogP contribution in [0.1, 0.15) is 30.5 Å². The molecule has 1 fully saturated rings. The van der Waals surface area contributed by atoms with E-state index in [1.807, 2.05) is 28.8 Å². The zero-order valence-electron chi connectivity index (χ0n) is 14.1. The molecule has 0 spiro atoms. The predicted octanol–water partition coefficient (Wildman–Crippen LogP) is 2.60. The lowest BCUT2D eigenvalue weighted by atomic mass is 10.1. The predicted molar refractivity (Wildman–Crippen MR) is 93.6 cm³/mol. The molecule has 5 heteroatoms. The highest BCUT2D eigenvalue weighted by molar-refractivity contribution is 5.34. The van der Waals surface area contributed by atoms with Gasteiger partial charge in [-0.3, -0.25) is 9.69 Å². The lowest BCUT2D eigenvalue weighted by Crippen LogP contribution is -2.31. The average Bonchev–Trinajstić information content (AvgIpc) is 2.60. The first-order valence-corrected chi connectivity index (χ1v) is 8.44. The molecule has 128 valence electrons. The Kier molecular flexibility index (Phi) is 5.20. The van der Waals surface area contributed by atoms with Crippen molar-refractivity contribution < 1.29 is 9.84 Å². The molecule has 0 radical (unpaired) electrons. The molecule has 5 nitrogen and oxygen atoms in total. The van der Waals surface area contributed by atoms with E-state index in [9.17, 15) is 9.90 Å². The van der Waals surface area contributed by atoms with Crippen LogP contribution in [-0.2, 0) is 13.1 Å². The molecule has 1 aliphatic rings. The van der Waals surface area contributed by atoms with Gasteiger partial charge in [0.15, 0.2) is 5.75 Å². The average molecular weight is 328 g/mol. The molecule has 3 rings (SSSR count). The lowest BCUT2D eigenvalue weighted by molar-refractivity contribution is 0.215. The molecule has 1 aliphatic heterocycles. The van der Waals surface area contributed by atoms with Crippen molar-refractivity contribution in [3.8, 4) is 11.5 Å². The van der Waals surface area contributed by atoms with Gasteiger partial charge in [0.1, 0.15) is 5.75 Å². The van der Waals surface area contributed by atoms with Crippen molar-refractivity contribution in [3.63, 3.8) is 0 Å². The monoisotopic (exact) mass is 328 g/mol. The number of methoxy groups -OCH3 is 1. The topological polar surface area (TPSA) is 54.7 Å². The van der Waals surface area contributed by atoms with E-state index in [1.165, 1.54) is 25.5 Å². The Hall–Kier alpha value is -2.27. The van der Waals surface area contributed by atoms with E-state index in [1.54, 1.807) is 13.2 Å². The highest BCUT2D eigenvalue weighted by atomic mass is 16.5. The Morgan fingerprint density at radius 2 is 1.88 bits per heavy atom. The van der Waals surface area contributed by atoms with Gasteiger partial charge in [-0.15, -0.1) is 0 Å². The maximum absolute atomic E-state index is 11.9. The number of ether oxygens (including phenoxy) is 1. The molecular formula is C19H24N2O3. The van der Waals surface area contributed by atoms with Gasteiger partial charge in [0.2, 0.25) is 5.43 Å². The number of hydrogen-bond donors (Lipinski definition) is 1. The van der Waals surface area contributed by atoms with Crippen LogP contribution >= 0.6 is 0 Å². The molecule has 0 bridgehead atoms. The molecule has 1 N–H and O–H groups in total. The molecule has 2 aromatic rings. The summed E-state index contributed by atoms with van der Waals surface area (Å²) in [6.45, 7) is 3.40. The molecule has 0 atom stereocenters. The van der Waals surface area contributed by atoms with Gasteiger partial charge < -0.3 is 14.4 Å². The summed E-state index contributed by atoms with van der Waals surface area (Å²) in [5.74, 6) is 0.590. The van der Waals surface area contributed by atoms with E-state index in [0.29, 0.717) is 6.54 Å². The van der Waals surface area contributed by atoms with Gasteiger partial charge in [-0.1, -0.05) is 24.6 Å². The molecule has 24 heavy (non-hydrogen) atoms. The molecule has 2 heterocycles. The summed E-state index contributed by atoms with van der Waals surface area (Å²) >= 11 is 0. The fourth-order valence-corrected chi connectivity index (χ4v) is 3.25.